The van der Waals surface area contributed by atoms with E-state index in [1.807, 2.05) is 17.0 Å². The molecule has 1 unspecified atom stereocenters. The number of nitrogens with one attached hydrogen (secondary N) is 2. The lowest BCUT2D eigenvalue weighted by Crippen LogP contribution is -2.51. The Morgan fingerprint density at radius 2 is 1.66 bits per heavy atom. The first kappa shape index (κ1) is 25.6. The van der Waals surface area contributed by atoms with Gasteiger partial charge in [-0.25, -0.2) is 8.78 Å². The van der Waals surface area contributed by atoms with Crippen LogP contribution in [0.1, 0.15) is 54.4 Å². The summed E-state index contributed by atoms with van der Waals surface area (Å²) in [5, 5.41) is 6.48. The molecule has 8 heteroatoms. The van der Waals surface area contributed by atoms with Crippen molar-refractivity contribution in [2.45, 2.75) is 50.1 Å². The number of nitrogens with zero attached hydrogens (tertiary/aromatic N) is 1. The van der Waals surface area contributed by atoms with Crippen molar-refractivity contribution in [2.75, 3.05) is 31.1 Å². The summed E-state index contributed by atoms with van der Waals surface area (Å²) >= 11 is 1.63. The van der Waals surface area contributed by atoms with Gasteiger partial charge in [-0.05, 0) is 74.6 Å². The normalized spacial score (nSPS) is 22.5. The van der Waals surface area contributed by atoms with Crippen LogP contribution in [0.3, 0.4) is 0 Å². The van der Waals surface area contributed by atoms with Crippen molar-refractivity contribution in [3.8, 4) is 0 Å². The van der Waals surface area contributed by atoms with Gasteiger partial charge in [0.1, 0.15) is 17.7 Å². The van der Waals surface area contributed by atoms with Gasteiger partial charge in [0.25, 0.3) is 5.91 Å². The maximum Gasteiger partial charge on any atom is 0.251 e. The number of carbonyl (C=O) groups is 2. The average molecular weight is 502 g/mol. The van der Waals surface area contributed by atoms with E-state index >= 15 is 0 Å². The first-order valence-electron chi connectivity index (χ1n) is 12.3. The molecule has 1 aliphatic carbocycles. The first-order valence-corrected chi connectivity index (χ1v) is 13.4. The molecule has 2 aromatic rings. The molecule has 3 atom stereocenters. The molecule has 1 heterocycles. The molecule has 1 saturated heterocycles. The molecule has 2 fully saturated rings. The molecule has 4 rings (SSSR count). The Kier molecular flexibility index (Phi) is 8.44. The number of likely N-dealkylation sites (tertiary alicyclic amines) is 1. The molecule has 188 valence electrons. The molecular formula is C27H33F2N3O2S. The lowest BCUT2D eigenvalue weighted by molar-refractivity contribution is -0.133. The number of hydrogen-bond donors (Lipinski definition) is 2. The first-order chi connectivity index (χ1) is 16.9. The van der Waals surface area contributed by atoms with Crippen molar-refractivity contribution < 1.29 is 18.4 Å². The van der Waals surface area contributed by atoms with E-state index in [1.54, 1.807) is 11.8 Å². The van der Waals surface area contributed by atoms with E-state index in [9.17, 15) is 18.4 Å². The summed E-state index contributed by atoms with van der Waals surface area (Å²) in [5.74, 6) is 0.593. The molecule has 2 aliphatic rings. The second-order valence-corrected chi connectivity index (χ2v) is 10.8. The number of amides is 2. The molecule has 0 spiro atoms. The van der Waals surface area contributed by atoms with Crippen molar-refractivity contribution in [3.05, 3.63) is 71.3 Å². The van der Waals surface area contributed by atoms with Crippen molar-refractivity contribution in [3.63, 3.8) is 0 Å². The number of carbonyl (C=O) groups excluding carboxylic acids is 2. The molecule has 2 aromatic carbocycles. The monoisotopic (exact) mass is 501 g/mol. The zero-order chi connectivity index (χ0) is 24.8. The topological polar surface area (TPSA) is 61.4 Å². The molecule has 5 nitrogen and oxygen atoms in total. The SMILES string of the molecule is CC1(NCCSC[C@H](NC(=O)c2ccc(F)cc2)C(=O)N2CCCCC2)C[C@H]1c1ccc(F)cc1. The van der Waals surface area contributed by atoms with Crippen LogP contribution in [0.5, 0.6) is 0 Å². The van der Waals surface area contributed by atoms with Gasteiger partial charge in [0.2, 0.25) is 5.91 Å². The Bertz CT molecular complexity index is 1010. The number of halogens is 2. The number of thioether (sulfide) groups is 1. The Morgan fingerprint density at radius 1 is 1.03 bits per heavy atom. The molecule has 0 aromatic heterocycles. The number of rotatable bonds is 10. The highest BCUT2D eigenvalue weighted by molar-refractivity contribution is 7.99. The zero-order valence-corrected chi connectivity index (χ0v) is 20.9. The van der Waals surface area contributed by atoms with Crippen molar-refractivity contribution in [1.82, 2.24) is 15.5 Å². The minimum absolute atomic E-state index is 0.00178. The van der Waals surface area contributed by atoms with Gasteiger partial charge in [-0.2, -0.15) is 11.8 Å². The standard InChI is InChI=1S/C27H33F2N3O2S/c1-27(17-23(27)19-5-9-21(28)10-6-19)30-13-16-35-18-24(26(34)32-14-3-2-4-15-32)31-25(33)20-7-11-22(29)12-8-20/h5-12,23-24,30H,2-4,13-18H2,1H3,(H,31,33)/t23-,24-,27?/m0/s1. The highest BCUT2D eigenvalue weighted by Gasteiger charge is 2.50. The van der Waals surface area contributed by atoms with Gasteiger partial charge in [-0.3, -0.25) is 9.59 Å². The maximum absolute atomic E-state index is 13.2. The summed E-state index contributed by atoms with van der Waals surface area (Å²) in [6.45, 7) is 4.39. The third-order valence-corrected chi connectivity index (χ3v) is 8.01. The van der Waals surface area contributed by atoms with Crippen LogP contribution in [0, 0.1) is 11.6 Å². The van der Waals surface area contributed by atoms with E-state index in [2.05, 4.69) is 17.6 Å². The molecular weight excluding hydrogens is 468 g/mol. The summed E-state index contributed by atoms with van der Waals surface area (Å²) in [6, 6.07) is 11.4. The molecule has 35 heavy (non-hydrogen) atoms. The van der Waals surface area contributed by atoms with Gasteiger partial charge >= 0.3 is 0 Å². The molecule has 0 bridgehead atoms. The third-order valence-electron chi connectivity index (χ3n) is 6.95. The van der Waals surface area contributed by atoms with Gasteiger partial charge in [-0.15, -0.1) is 0 Å². The van der Waals surface area contributed by atoms with Crippen LogP contribution in [0.15, 0.2) is 48.5 Å². The lowest BCUT2D eigenvalue weighted by Gasteiger charge is -2.30. The van der Waals surface area contributed by atoms with Crippen LogP contribution < -0.4 is 10.6 Å². The molecule has 1 aliphatic heterocycles. The zero-order valence-electron chi connectivity index (χ0n) is 20.1. The molecule has 2 N–H and O–H groups in total. The summed E-state index contributed by atoms with van der Waals surface area (Å²) in [6.07, 6.45) is 4.09. The van der Waals surface area contributed by atoms with Crippen LogP contribution >= 0.6 is 11.8 Å². The second-order valence-electron chi connectivity index (χ2n) is 9.65. The van der Waals surface area contributed by atoms with Gasteiger partial charge < -0.3 is 15.5 Å². The number of hydrogen-bond acceptors (Lipinski definition) is 4. The fraction of sp³-hybridized carbons (Fsp3) is 0.481. The van der Waals surface area contributed by atoms with E-state index in [-0.39, 0.29) is 23.2 Å². The fourth-order valence-corrected chi connectivity index (χ4v) is 5.58. The summed E-state index contributed by atoms with van der Waals surface area (Å²) < 4.78 is 26.4. The van der Waals surface area contributed by atoms with E-state index in [1.165, 1.54) is 36.4 Å². The van der Waals surface area contributed by atoms with Gasteiger partial charge in [0, 0.05) is 48.2 Å². The van der Waals surface area contributed by atoms with Crippen molar-refractivity contribution in [1.29, 1.82) is 0 Å². The van der Waals surface area contributed by atoms with Crippen LogP contribution in [-0.4, -0.2) is 59.4 Å². The number of benzene rings is 2. The van der Waals surface area contributed by atoms with E-state index in [0.29, 0.717) is 17.2 Å². The maximum atomic E-state index is 13.2. The average Bonchev–Trinajstić information content (AvgIpc) is 3.55. The molecule has 1 saturated carbocycles. The summed E-state index contributed by atoms with van der Waals surface area (Å²) in [7, 11) is 0. The minimum Gasteiger partial charge on any atom is -0.341 e. The predicted octanol–water partition coefficient (Wildman–Crippen LogP) is 4.34. The second kappa shape index (κ2) is 11.5. The lowest BCUT2D eigenvalue weighted by atomic mass is 10.1. The quantitative estimate of drug-likeness (QED) is 0.476. The van der Waals surface area contributed by atoms with Gasteiger partial charge in [-0.1, -0.05) is 12.1 Å². The van der Waals surface area contributed by atoms with E-state index in [0.717, 1.165) is 56.6 Å². The van der Waals surface area contributed by atoms with Gasteiger partial charge in [0.15, 0.2) is 0 Å². The highest BCUT2D eigenvalue weighted by atomic mass is 32.2. The molecule has 0 radical (unpaired) electrons. The highest BCUT2D eigenvalue weighted by Crippen LogP contribution is 2.50. The smallest absolute Gasteiger partial charge is 0.251 e. The van der Waals surface area contributed by atoms with Crippen molar-refractivity contribution >= 4 is 23.6 Å². The molecule has 2 amide bonds. The number of piperidine rings is 1. The largest absolute Gasteiger partial charge is 0.341 e. The van der Waals surface area contributed by atoms with Crippen molar-refractivity contribution in [2.24, 2.45) is 0 Å². The Hall–Kier alpha value is -2.45. The van der Waals surface area contributed by atoms with E-state index < -0.39 is 11.9 Å². The summed E-state index contributed by atoms with van der Waals surface area (Å²) in [5.41, 5.74) is 1.48. The Morgan fingerprint density at radius 3 is 2.31 bits per heavy atom. The van der Waals surface area contributed by atoms with Crippen LogP contribution in [-0.2, 0) is 4.79 Å². The van der Waals surface area contributed by atoms with Crippen LogP contribution in [0.2, 0.25) is 0 Å². The van der Waals surface area contributed by atoms with Crippen LogP contribution in [0.4, 0.5) is 8.78 Å². The Labute approximate surface area is 210 Å². The van der Waals surface area contributed by atoms with Gasteiger partial charge in [0.05, 0.1) is 0 Å². The Balaban J connectivity index is 1.27. The summed E-state index contributed by atoms with van der Waals surface area (Å²) in [4.78, 5) is 27.7. The van der Waals surface area contributed by atoms with Crippen LogP contribution in [0.25, 0.3) is 0 Å². The predicted molar refractivity (Wildman–Crippen MR) is 136 cm³/mol. The minimum atomic E-state index is -0.626. The fourth-order valence-electron chi connectivity index (χ4n) is 4.70. The van der Waals surface area contributed by atoms with E-state index in [4.69, 9.17) is 0 Å². The third kappa shape index (κ3) is 6.82.